The fraction of sp³-hybridized carbons (Fsp3) is 0.545. The number of methoxy groups -OCH3 is 2. The molecular weight excluding hydrogens is 226 g/mol. The highest BCUT2D eigenvalue weighted by molar-refractivity contribution is 7.14. The minimum absolute atomic E-state index is 0.0798. The van der Waals surface area contributed by atoms with Crippen LogP contribution >= 0.6 is 11.3 Å². The van der Waals surface area contributed by atoms with Crippen molar-refractivity contribution in [3.05, 3.63) is 21.9 Å². The average molecular weight is 243 g/mol. The summed E-state index contributed by atoms with van der Waals surface area (Å²) in [7, 11) is 3.08. The molecule has 90 valence electrons. The summed E-state index contributed by atoms with van der Waals surface area (Å²) in [4.78, 5) is 13.6. The van der Waals surface area contributed by atoms with Gasteiger partial charge in [0.05, 0.1) is 11.4 Å². The van der Waals surface area contributed by atoms with Gasteiger partial charge in [-0.05, 0) is 18.6 Å². The van der Waals surface area contributed by atoms with Gasteiger partial charge in [-0.25, -0.2) is 0 Å². The van der Waals surface area contributed by atoms with Crippen LogP contribution in [0.25, 0.3) is 0 Å². The molecule has 1 aromatic rings. The molecule has 1 N–H and O–H groups in total. The molecule has 0 saturated heterocycles. The molecule has 4 nitrogen and oxygen atoms in total. The Morgan fingerprint density at radius 2 is 2.12 bits per heavy atom. The van der Waals surface area contributed by atoms with E-state index < -0.39 is 6.29 Å². The number of amides is 1. The first kappa shape index (κ1) is 13.2. The van der Waals surface area contributed by atoms with Crippen molar-refractivity contribution in [1.82, 2.24) is 5.32 Å². The number of carbonyl (C=O) groups excluding carboxylic acids is 1. The molecule has 0 saturated carbocycles. The molecular formula is C11H17NO3S. The van der Waals surface area contributed by atoms with Gasteiger partial charge in [-0.2, -0.15) is 0 Å². The van der Waals surface area contributed by atoms with Gasteiger partial charge in [0, 0.05) is 19.1 Å². The first-order valence-corrected chi connectivity index (χ1v) is 5.95. The minimum atomic E-state index is -0.394. The van der Waals surface area contributed by atoms with Crippen molar-refractivity contribution in [3.63, 3.8) is 0 Å². The van der Waals surface area contributed by atoms with Gasteiger partial charge in [0.1, 0.15) is 0 Å². The predicted octanol–water partition coefficient (Wildman–Crippen LogP) is 1.66. The van der Waals surface area contributed by atoms with E-state index in [2.05, 4.69) is 12.2 Å². The second kappa shape index (κ2) is 6.62. The maximum absolute atomic E-state index is 11.7. The summed E-state index contributed by atoms with van der Waals surface area (Å²) < 4.78 is 9.96. The SMILES string of the molecule is CCc1ccc(C(=O)NCC(OC)OC)s1. The molecule has 5 heteroatoms. The molecule has 0 spiro atoms. The van der Waals surface area contributed by atoms with E-state index in [9.17, 15) is 4.79 Å². The lowest BCUT2D eigenvalue weighted by molar-refractivity contribution is -0.0974. The molecule has 1 amide bonds. The maximum atomic E-state index is 11.7. The van der Waals surface area contributed by atoms with Crippen LogP contribution in [0.15, 0.2) is 12.1 Å². The molecule has 0 bridgehead atoms. The van der Waals surface area contributed by atoms with Crippen molar-refractivity contribution < 1.29 is 14.3 Å². The van der Waals surface area contributed by atoms with Crippen LogP contribution in [-0.2, 0) is 15.9 Å². The van der Waals surface area contributed by atoms with E-state index in [0.717, 1.165) is 11.3 Å². The van der Waals surface area contributed by atoms with Crippen LogP contribution in [0.5, 0.6) is 0 Å². The third kappa shape index (κ3) is 3.59. The molecule has 0 fully saturated rings. The highest BCUT2D eigenvalue weighted by Gasteiger charge is 2.11. The Balaban J connectivity index is 2.46. The Labute approximate surface area is 99.6 Å². The zero-order chi connectivity index (χ0) is 12.0. The molecule has 0 aromatic carbocycles. The van der Waals surface area contributed by atoms with Gasteiger partial charge in [-0.15, -0.1) is 11.3 Å². The van der Waals surface area contributed by atoms with Gasteiger partial charge in [-0.3, -0.25) is 4.79 Å². The van der Waals surface area contributed by atoms with Crippen LogP contribution in [-0.4, -0.2) is 33.0 Å². The summed E-state index contributed by atoms with van der Waals surface area (Å²) >= 11 is 1.51. The number of rotatable bonds is 6. The van der Waals surface area contributed by atoms with Crippen LogP contribution in [0.2, 0.25) is 0 Å². The normalized spacial score (nSPS) is 10.8. The third-order valence-electron chi connectivity index (χ3n) is 2.19. The summed E-state index contributed by atoms with van der Waals surface area (Å²) in [6, 6.07) is 3.82. The number of aryl methyl sites for hydroxylation is 1. The van der Waals surface area contributed by atoms with Crippen molar-refractivity contribution in [1.29, 1.82) is 0 Å². The molecule has 0 unspecified atom stereocenters. The summed E-state index contributed by atoms with van der Waals surface area (Å²) in [6.07, 6.45) is 0.561. The molecule has 16 heavy (non-hydrogen) atoms. The number of hydrogen-bond donors (Lipinski definition) is 1. The van der Waals surface area contributed by atoms with E-state index in [1.54, 1.807) is 14.2 Å². The lowest BCUT2D eigenvalue weighted by atomic mass is 10.3. The van der Waals surface area contributed by atoms with Gasteiger partial charge in [0.25, 0.3) is 5.91 Å². The molecule has 1 rings (SSSR count). The third-order valence-corrected chi connectivity index (χ3v) is 3.42. The highest BCUT2D eigenvalue weighted by atomic mass is 32.1. The van der Waals surface area contributed by atoms with Gasteiger partial charge in [0.2, 0.25) is 0 Å². The molecule has 1 heterocycles. The standard InChI is InChI=1S/C11H17NO3S/c1-4-8-5-6-9(16-8)11(13)12-7-10(14-2)15-3/h5-6,10H,4,7H2,1-3H3,(H,12,13). The van der Waals surface area contributed by atoms with E-state index in [-0.39, 0.29) is 5.91 Å². The zero-order valence-electron chi connectivity index (χ0n) is 9.78. The van der Waals surface area contributed by atoms with Crippen molar-refractivity contribution in [2.24, 2.45) is 0 Å². The summed E-state index contributed by atoms with van der Waals surface area (Å²) in [5, 5.41) is 2.76. The zero-order valence-corrected chi connectivity index (χ0v) is 10.6. The van der Waals surface area contributed by atoms with E-state index in [1.807, 2.05) is 12.1 Å². The Bertz CT molecular complexity index is 334. The van der Waals surface area contributed by atoms with Crippen LogP contribution in [0, 0.1) is 0 Å². The number of ether oxygens (including phenoxy) is 2. The second-order valence-corrected chi connectivity index (χ2v) is 4.40. The van der Waals surface area contributed by atoms with Gasteiger partial charge >= 0.3 is 0 Å². The molecule has 0 aliphatic heterocycles. The van der Waals surface area contributed by atoms with Crippen molar-refractivity contribution in [2.75, 3.05) is 20.8 Å². The van der Waals surface area contributed by atoms with Crippen LogP contribution in [0.3, 0.4) is 0 Å². The number of carbonyl (C=O) groups is 1. The van der Waals surface area contributed by atoms with Crippen molar-refractivity contribution >= 4 is 17.2 Å². The first-order valence-electron chi connectivity index (χ1n) is 5.13. The fourth-order valence-electron chi connectivity index (χ4n) is 1.22. The fourth-order valence-corrected chi connectivity index (χ4v) is 2.08. The molecule has 0 atom stereocenters. The maximum Gasteiger partial charge on any atom is 0.261 e. The van der Waals surface area contributed by atoms with Crippen molar-refractivity contribution in [3.8, 4) is 0 Å². The van der Waals surface area contributed by atoms with Gasteiger partial charge in [-0.1, -0.05) is 6.92 Å². The number of hydrogen-bond acceptors (Lipinski definition) is 4. The second-order valence-electron chi connectivity index (χ2n) is 3.23. The lowest BCUT2D eigenvalue weighted by Crippen LogP contribution is -2.33. The monoisotopic (exact) mass is 243 g/mol. The van der Waals surface area contributed by atoms with E-state index >= 15 is 0 Å². The molecule has 0 aliphatic carbocycles. The first-order chi connectivity index (χ1) is 7.71. The van der Waals surface area contributed by atoms with E-state index in [4.69, 9.17) is 9.47 Å². The summed E-state index contributed by atoms with van der Waals surface area (Å²) in [6.45, 7) is 2.42. The van der Waals surface area contributed by atoms with Gasteiger partial charge in [0.15, 0.2) is 6.29 Å². The van der Waals surface area contributed by atoms with Crippen molar-refractivity contribution in [2.45, 2.75) is 19.6 Å². The molecule has 1 aromatic heterocycles. The largest absolute Gasteiger partial charge is 0.354 e. The quantitative estimate of drug-likeness (QED) is 0.773. The number of thiophene rings is 1. The summed E-state index contributed by atoms with van der Waals surface area (Å²) in [5.41, 5.74) is 0. The number of nitrogens with one attached hydrogen (secondary N) is 1. The predicted molar refractivity (Wildman–Crippen MR) is 63.8 cm³/mol. The van der Waals surface area contributed by atoms with Crippen LogP contribution in [0.1, 0.15) is 21.5 Å². The summed E-state index contributed by atoms with van der Waals surface area (Å²) in [5.74, 6) is -0.0798. The lowest BCUT2D eigenvalue weighted by Gasteiger charge is -2.13. The Morgan fingerprint density at radius 1 is 1.44 bits per heavy atom. The van der Waals surface area contributed by atoms with E-state index in [0.29, 0.717) is 6.54 Å². The Morgan fingerprint density at radius 3 is 2.62 bits per heavy atom. The van der Waals surface area contributed by atoms with Crippen LogP contribution < -0.4 is 5.32 Å². The Kier molecular flexibility index (Phi) is 5.45. The smallest absolute Gasteiger partial charge is 0.261 e. The Hall–Kier alpha value is -0.910. The van der Waals surface area contributed by atoms with Crippen LogP contribution in [0.4, 0.5) is 0 Å². The van der Waals surface area contributed by atoms with Gasteiger partial charge < -0.3 is 14.8 Å². The topological polar surface area (TPSA) is 47.6 Å². The molecule has 0 aliphatic rings. The average Bonchev–Trinajstić information content (AvgIpc) is 2.78. The minimum Gasteiger partial charge on any atom is -0.354 e. The van der Waals surface area contributed by atoms with E-state index in [1.165, 1.54) is 16.2 Å². The highest BCUT2D eigenvalue weighted by Crippen LogP contribution is 2.16. The molecule has 0 radical (unpaired) electrons.